The molecule has 2 aliphatic heterocycles. The number of piperazine rings is 1. The van der Waals surface area contributed by atoms with Crippen molar-refractivity contribution in [2.75, 3.05) is 32.8 Å². The number of carbonyl (C=O) groups is 2. The van der Waals surface area contributed by atoms with Crippen LogP contribution in [0.2, 0.25) is 5.02 Å². The third kappa shape index (κ3) is 3.38. The first-order valence-corrected chi connectivity index (χ1v) is 10.9. The minimum absolute atomic E-state index is 0.0838. The number of halogens is 1. The summed E-state index contributed by atoms with van der Waals surface area (Å²) in [4.78, 5) is 29.9. The summed E-state index contributed by atoms with van der Waals surface area (Å²) in [7, 11) is 0. The molecule has 3 heterocycles. The summed E-state index contributed by atoms with van der Waals surface area (Å²) in [6.07, 6.45) is -0.667. The van der Waals surface area contributed by atoms with Crippen LogP contribution in [0.15, 0.2) is 48.5 Å². The van der Waals surface area contributed by atoms with Crippen LogP contribution in [0.1, 0.15) is 9.67 Å². The predicted octanol–water partition coefficient (Wildman–Crippen LogP) is 3.68. The van der Waals surface area contributed by atoms with E-state index in [1.807, 2.05) is 42.5 Å². The summed E-state index contributed by atoms with van der Waals surface area (Å²) in [5.41, 5.74) is 0. The lowest BCUT2D eigenvalue weighted by Crippen LogP contribution is -2.55. The van der Waals surface area contributed by atoms with E-state index >= 15 is 0 Å². The van der Waals surface area contributed by atoms with Crippen molar-refractivity contribution in [2.45, 2.75) is 6.10 Å². The highest BCUT2D eigenvalue weighted by Crippen LogP contribution is 2.36. The van der Waals surface area contributed by atoms with Crippen molar-refractivity contribution in [1.29, 1.82) is 0 Å². The molecule has 0 spiro atoms. The molecule has 3 aromatic rings. The molecule has 0 aliphatic carbocycles. The van der Waals surface area contributed by atoms with Crippen LogP contribution in [0.4, 0.5) is 0 Å². The topological polar surface area (TPSA) is 59.1 Å². The van der Waals surface area contributed by atoms with Crippen LogP contribution < -0.4 is 9.47 Å². The number of para-hydroxylation sites is 2. The smallest absolute Gasteiger partial charge is 0.267 e. The molecule has 0 N–H and O–H groups in total. The van der Waals surface area contributed by atoms with E-state index in [1.165, 1.54) is 11.3 Å². The van der Waals surface area contributed by atoms with E-state index < -0.39 is 6.10 Å². The van der Waals surface area contributed by atoms with Gasteiger partial charge in [-0.25, -0.2) is 0 Å². The number of thiophene rings is 1. The first-order chi connectivity index (χ1) is 14.6. The lowest BCUT2D eigenvalue weighted by atomic mass is 10.2. The van der Waals surface area contributed by atoms with Gasteiger partial charge in [0.15, 0.2) is 11.5 Å². The Morgan fingerprint density at radius 1 is 0.933 bits per heavy atom. The maximum absolute atomic E-state index is 13.0. The Bertz CT molecular complexity index is 1120. The Morgan fingerprint density at radius 3 is 2.37 bits per heavy atom. The Kier molecular flexibility index (Phi) is 5.00. The first kappa shape index (κ1) is 19.2. The first-order valence-electron chi connectivity index (χ1n) is 9.75. The molecule has 154 valence electrons. The predicted molar refractivity (Wildman–Crippen MR) is 116 cm³/mol. The van der Waals surface area contributed by atoms with Crippen LogP contribution in [0, 0.1) is 0 Å². The third-order valence-electron chi connectivity index (χ3n) is 5.39. The van der Waals surface area contributed by atoms with E-state index in [0.717, 1.165) is 10.1 Å². The van der Waals surface area contributed by atoms with E-state index in [-0.39, 0.29) is 18.4 Å². The minimum atomic E-state index is -0.667. The zero-order chi connectivity index (χ0) is 20.7. The van der Waals surface area contributed by atoms with Crippen LogP contribution in [0.3, 0.4) is 0 Å². The number of benzene rings is 2. The summed E-state index contributed by atoms with van der Waals surface area (Å²) >= 11 is 7.87. The molecule has 0 bridgehead atoms. The molecule has 30 heavy (non-hydrogen) atoms. The molecular weight excluding hydrogens is 424 g/mol. The number of ether oxygens (including phenoxy) is 2. The van der Waals surface area contributed by atoms with Crippen molar-refractivity contribution in [3.8, 4) is 11.5 Å². The minimum Gasteiger partial charge on any atom is -0.485 e. The summed E-state index contributed by atoms with van der Waals surface area (Å²) in [5.74, 6) is 1.03. The molecule has 1 atom stereocenters. The number of carbonyl (C=O) groups excluding carboxylic acids is 2. The van der Waals surface area contributed by atoms with E-state index in [4.69, 9.17) is 21.1 Å². The van der Waals surface area contributed by atoms with Gasteiger partial charge in [-0.2, -0.15) is 0 Å². The van der Waals surface area contributed by atoms with Gasteiger partial charge in [0.1, 0.15) is 11.5 Å². The molecule has 0 radical (unpaired) electrons. The number of amides is 2. The lowest BCUT2D eigenvalue weighted by molar-refractivity contribution is -0.142. The van der Waals surface area contributed by atoms with Gasteiger partial charge in [0.05, 0.1) is 5.02 Å². The molecule has 0 unspecified atom stereocenters. The zero-order valence-corrected chi connectivity index (χ0v) is 17.6. The van der Waals surface area contributed by atoms with Crippen LogP contribution in [-0.2, 0) is 4.79 Å². The van der Waals surface area contributed by atoms with Gasteiger partial charge >= 0.3 is 0 Å². The van der Waals surface area contributed by atoms with Gasteiger partial charge < -0.3 is 19.3 Å². The van der Waals surface area contributed by atoms with Crippen LogP contribution in [0.25, 0.3) is 10.1 Å². The monoisotopic (exact) mass is 442 g/mol. The van der Waals surface area contributed by atoms with Crippen molar-refractivity contribution in [3.05, 3.63) is 58.4 Å². The fourth-order valence-corrected chi connectivity index (χ4v) is 5.25. The molecule has 1 saturated heterocycles. The highest BCUT2D eigenvalue weighted by molar-refractivity contribution is 7.21. The number of hydrogen-bond donors (Lipinski definition) is 0. The summed E-state index contributed by atoms with van der Waals surface area (Å²) in [6, 6.07) is 15.1. The molecule has 2 aromatic carbocycles. The van der Waals surface area contributed by atoms with Crippen molar-refractivity contribution in [1.82, 2.24) is 9.80 Å². The van der Waals surface area contributed by atoms with Crippen LogP contribution in [0.5, 0.6) is 11.5 Å². The molecule has 6 nitrogen and oxygen atoms in total. The molecule has 1 fully saturated rings. The van der Waals surface area contributed by atoms with E-state index in [0.29, 0.717) is 47.6 Å². The van der Waals surface area contributed by atoms with Gasteiger partial charge in [0, 0.05) is 36.3 Å². The fraction of sp³-hybridized carbons (Fsp3) is 0.273. The van der Waals surface area contributed by atoms with E-state index in [1.54, 1.807) is 15.9 Å². The quantitative estimate of drug-likeness (QED) is 0.607. The number of nitrogens with zero attached hydrogens (tertiary/aromatic N) is 2. The molecule has 0 saturated carbocycles. The molecule has 8 heteroatoms. The van der Waals surface area contributed by atoms with Crippen LogP contribution in [-0.4, -0.2) is 60.5 Å². The summed E-state index contributed by atoms with van der Waals surface area (Å²) < 4.78 is 12.5. The van der Waals surface area contributed by atoms with Crippen molar-refractivity contribution < 1.29 is 19.1 Å². The van der Waals surface area contributed by atoms with Crippen molar-refractivity contribution >= 4 is 44.8 Å². The van der Waals surface area contributed by atoms with E-state index in [9.17, 15) is 9.59 Å². The Hall–Kier alpha value is -2.77. The van der Waals surface area contributed by atoms with Gasteiger partial charge in [-0.3, -0.25) is 9.59 Å². The SMILES string of the molecule is O=C(c1sc2ccccc2c1Cl)N1CCN(C(=O)[C@@H]2COc3ccccc3O2)CC1. The van der Waals surface area contributed by atoms with Gasteiger partial charge in [0.25, 0.3) is 11.8 Å². The Labute approximate surface area is 182 Å². The largest absolute Gasteiger partial charge is 0.485 e. The molecular formula is C22H19ClN2O4S. The average molecular weight is 443 g/mol. The van der Waals surface area contributed by atoms with Gasteiger partial charge in [-0.15, -0.1) is 11.3 Å². The Balaban J connectivity index is 1.23. The standard InChI is InChI=1S/C22H19ClN2O4S/c23-19-14-5-1-4-8-18(14)30-20(19)22(27)25-11-9-24(10-12-25)21(26)17-13-28-15-6-2-3-7-16(15)29-17/h1-8,17H,9-13H2/t17-/m0/s1. The van der Waals surface area contributed by atoms with Crippen molar-refractivity contribution in [2.24, 2.45) is 0 Å². The van der Waals surface area contributed by atoms with Gasteiger partial charge in [0.2, 0.25) is 6.10 Å². The average Bonchev–Trinajstić information content (AvgIpc) is 3.14. The third-order valence-corrected chi connectivity index (χ3v) is 7.06. The molecule has 5 rings (SSSR count). The normalized spacial score (nSPS) is 18.5. The van der Waals surface area contributed by atoms with Gasteiger partial charge in [-0.05, 0) is 18.2 Å². The second kappa shape index (κ2) is 7.81. The number of rotatable bonds is 2. The number of hydrogen-bond acceptors (Lipinski definition) is 5. The summed E-state index contributed by atoms with van der Waals surface area (Å²) in [6.45, 7) is 2.01. The second-order valence-corrected chi connectivity index (χ2v) is 8.65. The Morgan fingerprint density at radius 2 is 1.60 bits per heavy atom. The molecule has 1 aromatic heterocycles. The molecule has 2 amide bonds. The number of fused-ring (bicyclic) bond motifs is 2. The maximum Gasteiger partial charge on any atom is 0.267 e. The zero-order valence-electron chi connectivity index (χ0n) is 16.0. The maximum atomic E-state index is 13.0. The van der Waals surface area contributed by atoms with Gasteiger partial charge in [-0.1, -0.05) is 41.9 Å². The van der Waals surface area contributed by atoms with Crippen LogP contribution >= 0.6 is 22.9 Å². The second-order valence-electron chi connectivity index (χ2n) is 7.22. The summed E-state index contributed by atoms with van der Waals surface area (Å²) in [5, 5.41) is 1.40. The van der Waals surface area contributed by atoms with Crippen molar-refractivity contribution in [3.63, 3.8) is 0 Å². The lowest BCUT2D eigenvalue weighted by Gasteiger charge is -2.37. The molecule has 2 aliphatic rings. The highest BCUT2D eigenvalue weighted by atomic mass is 35.5. The highest BCUT2D eigenvalue weighted by Gasteiger charge is 2.34. The van der Waals surface area contributed by atoms with E-state index in [2.05, 4.69) is 0 Å². The fourth-order valence-electron chi connectivity index (χ4n) is 3.77.